The second-order valence-corrected chi connectivity index (χ2v) is 5.47. The van der Waals surface area contributed by atoms with Crippen LogP contribution >= 0.6 is 0 Å². The molecule has 0 radical (unpaired) electrons. The Kier molecular flexibility index (Phi) is 16.6. The van der Waals surface area contributed by atoms with Gasteiger partial charge in [-0.1, -0.05) is 27.0 Å². The van der Waals surface area contributed by atoms with Crippen LogP contribution < -0.4 is 0 Å². The molecule has 0 unspecified atom stereocenters. The molecule has 0 bridgehead atoms. The Hall–Kier alpha value is -1.66. The van der Waals surface area contributed by atoms with E-state index in [1.165, 1.54) is 6.08 Å². The zero-order valence-electron chi connectivity index (χ0n) is 16.0. The van der Waals surface area contributed by atoms with Gasteiger partial charge in [-0.25, -0.2) is 9.59 Å². The molecule has 0 saturated carbocycles. The molecule has 6 nitrogen and oxygen atoms in total. The molecular weight excluding hydrogens is 308 g/mol. The van der Waals surface area contributed by atoms with Gasteiger partial charge >= 0.3 is 11.9 Å². The highest BCUT2D eigenvalue weighted by atomic mass is 16.5. The zero-order valence-corrected chi connectivity index (χ0v) is 16.0. The molecule has 0 aromatic rings. The molecule has 0 heterocycles. The first-order chi connectivity index (χ1) is 11.3. The van der Waals surface area contributed by atoms with Crippen molar-refractivity contribution in [2.24, 2.45) is 0 Å². The van der Waals surface area contributed by atoms with Gasteiger partial charge in [-0.3, -0.25) is 0 Å². The Bertz CT molecular complexity index is 377. The minimum absolute atomic E-state index is 0.299. The molecule has 0 atom stereocenters. The van der Waals surface area contributed by atoms with Crippen LogP contribution in [0.4, 0.5) is 0 Å². The van der Waals surface area contributed by atoms with Crippen LogP contribution in [0, 0.1) is 0 Å². The number of esters is 2. The van der Waals surface area contributed by atoms with Crippen LogP contribution in [0.3, 0.4) is 0 Å². The molecule has 24 heavy (non-hydrogen) atoms. The fourth-order valence-corrected chi connectivity index (χ4v) is 1.54. The van der Waals surface area contributed by atoms with E-state index in [4.69, 9.17) is 9.47 Å². The molecule has 0 fully saturated rings. The van der Waals surface area contributed by atoms with Gasteiger partial charge in [-0.2, -0.15) is 0 Å². The summed E-state index contributed by atoms with van der Waals surface area (Å²) in [6, 6.07) is 0. The first kappa shape index (κ1) is 24.6. The minimum Gasteiger partial charge on any atom is -0.462 e. The Morgan fingerprint density at radius 1 is 1.04 bits per heavy atom. The highest BCUT2D eigenvalue weighted by Gasteiger charge is 2.04. The van der Waals surface area contributed by atoms with Gasteiger partial charge in [0.05, 0.1) is 6.61 Å². The molecule has 0 aromatic heterocycles. The van der Waals surface area contributed by atoms with Crippen LogP contribution in [0.5, 0.6) is 0 Å². The second-order valence-electron chi connectivity index (χ2n) is 5.47. The third-order valence-electron chi connectivity index (χ3n) is 3.04. The lowest BCUT2D eigenvalue weighted by atomic mass is 10.4. The topological polar surface area (TPSA) is 59.1 Å². The summed E-state index contributed by atoms with van der Waals surface area (Å²) < 4.78 is 9.72. The summed E-state index contributed by atoms with van der Waals surface area (Å²) in [5, 5.41) is 0. The van der Waals surface area contributed by atoms with Gasteiger partial charge in [0.25, 0.3) is 0 Å². The first-order valence-electron chi connectivity index (χ1n) is 8.27. The standard InChI is InChI=1S/C10H19NO2.C8H15NO2/c1-5-11(6-2)7-8-13-10(12)9(3)4;1-4-8(10)11-7-5-6-9(2)3/h3,5-8H2,1-2,4H3;4H,1,5-7H2,2-3H3. The van der Waals surface area contributed by atoms with Crippen molar-refractivity contribution in [3.63, 3.8) is 0 Å². The van der Waals surface area contributed by atoms with E-state index in [9.17, 15) is 9.59 Å². The molecule has 0 aromatic carbocycles. The van der Waals surface area contributed by atoms with Crippen molar-refractivity contribution in [1.29, 1.82) is 0 Å². The fraction of sp³-hybridized carbons (Fsp3) is 0.667. The van der Waals surface area contributed by atoms with Crippen molar-refractivity contribution >= 4 is 11.9 Å². The predicted octanol–water partition coefficient (Wildman–Crippen LogP) is 2.11. The average Bonchev–Trinajstić information content (AvgIpc) is 2.55. The quantitative estimate of drug-likeness (QED) is 0.326. The summed E-state index contributed by atoms with van der Waals surface area (Å²) in [5.74, 6) is -0.643. The number of rotatable bonds is 11. The average molecular weight is 342 g/mol. The maximum Gasteiger partial charge on any atom is 0.333 e. The lowest BCUT2D eigenvalue weighted by Crippen LogP contribution is -2.27. The van der Waals surface area contributed by atoms with Crippen molar-refractivity contribution in [2.75, 3.05) is 53.5 Å². The highest BCUT2D eigenvalue weighted by molar-refractivity contribution is 5.86. The third-order valence-corrected chi connectivity index (χ3v) is 3.04. The number of hydrogen-bond acceptors (Lipinski definition) is 6. The lowest BCUT2D eigenvalue weighted by molar-refractivity contribution is -0.139. The van der Waals surface area contributed by atoms with E-state index in [1.54, 1.807) is 6.92 Å². The van der Waals surface area contributed by atoms with E-state index in [-0.39, 0.29) is 11.9 Å². The van der Waals surface area contributed by atoms with Gasteiger partial charge in [0.15, 0.2) is 0 Å². The van der Waals surface area contributed by atoms with E-state index in [1.807, 2.05) is 19.0 Å². The van der Waals surface area contributed by atoms with E-state index >= 15 is 0 Å². The van der Waals surface area contributed by atoms with Crippen molar-refractivity contribution in [3.05, 3.63) is 24.8 Å². The highest BCUT2D eigenvalue weighted by Crippen LogP contribution is 1.93. The van der Waals surface area contributed by atoms with Crippen molar-refractivity contribution in [1.82, 2.24) is 9.80 Å². The summed E-state index contributed by atoms with van der Waals surface area (Å²) >= 11 is 0. The van der Waals surface area contributed by atoms with Gasteiger partial charge in [0.2, 0.25) is 0 Å². The number of likely N-dealkylation sites (N-methyl/N-ethyl adjacent to an activating group) is 1. The second kappa shape index (κ2) is 16.2. The summed E-state index contributed by atoms with van der Waals surface area (Å²) in [7, 11) is 3.96. The summed E-state index contributed by atoms with van der Waals surface area (Å²) in [6.45, 7) is 17.3. The van der Waals surface area contributed by atoms with Gasteiger partial charge in [0, 0.05) is 24.7 Å². The molecular formula is C18H34N2O4. The summed E-state index contributed by atoms with van der Waals surface area (Å²) in [4.78, 5) is 25.7. The van der Waals surface area contributed by atoms with Crippen LogP contribution in [-0.4, -0.2) is 75.2 Å². The molecule has 0 aliphatic carbocycles. The van der Waals surface area contributed by atoms with Crippen LogP contribution in [0.15, 0.2) is 24.8 Å². The van der Waals surface area contributed by atoms with Crippen LogP contribution in [0.25, 0.3) is 0 Å². The number of nitrogens with zero attached hydrogens (tertiary/aromatic N) is 2. The Morgan fingerprint density at radius 3 is 2.04 bits per heavy atom. The zero-order chi connectivity index (χ0) is 19.0. The van der Waals surface area contributed by atoms with Crippen LogP contribution in [-0.2, 0) is 19.1 Å². The van der Waals surface area contributed by atoms with Gasteiger partial charge in [0.1, 0.15) is 6.61 Å². The molecule has 0 amide bonds. The predicted molar refractivity (Wildman–Crippen MR) is 97.9 cm³/mol. The Balaban J connectivity index is 0. The molecule has 140 valence electrons. The smallest absolute Gasteiger partial charge is 0.333 e. The molecule has 0 aliphatic heterocycles. The molecule has 6 heteroatoms. The van der Waals surface area contributed by atoms with Crippen molar-refractivity contribution in [2.45, 2.75) is 27.2 Å². The lowest BCUT2D eigenvalue weighted by Gasteiger charge is -2.17. The van der Waals surface area contributed by atoms with E-state index in [2.05, 4.69) is 31.9 Å². The van der Waals surface area contributed by atoms with E-state index in [0.29, 0.717) is 18.8 Å². The van der Waals surface area contributed by atoms with Gasteiger partial charge < -0.3 is 19.3 Å². The van der Waals surface area contributed by atoms with Gasteiger partial charge in [-0.05, 0) is 40.5 Å². The molecule has 0 rings (SSSR count). The molecule has 0 spiro atoms. The number of carbonyl (C=O) groups is 2. The maximum absolute atomic E-state index is 11.0. The Morgan fingerprint density at radius 2 is 1.62 bits per heavy atom. The minimum atomic E-state index is -0.344. The molecule has 0 aliphatic rings. The normalized spacial score (nSPS) is 9.96. The fourth-order valence-electron chi connectivity index (χ4n) is 1.54. The van der Waals surface area contributed by atoms with Crippen LogP contribution in [0.2, 0.25) is 0 Å². The van der Waals surface area contributed by atoms with E-state index < -0.39 is 0 Å². The van der Waals surface area contributed by atoms with Crippen molar-refractivity contribution < 1.29 is 19.1 Å². The Labute approximate surface area is 147 Å². The number of ether oxygens (including phenoxy) is 2. The largest absolute Gasteiger partial charge is 0.462 e. The summed E-state index contributed by atoms with van der Waals surface area (Å²) in [5.41, 5.74) is 0.458. The third kappa shape index (κ3) is 16.7. The monoisotopic (exact) mass is 342 g/mol. The SMILES string of the molecule is C=C(C)C(=O)OCCN(CC)CC.C=CC(=O)OCCCN(C)C. The summed E-state index contributed by atoms with van der Waals surface area (Å²) in [6.07, 6.45) is 2.04. The van der Waals surface area contributed by atoms with Gasteiger partial charge in [-0.15, -0.1) is 0 Å². The van der Waals surface area contributed by atoms with E-state index in [0.717, 1.165) is 32.6 Å². The maximum atomic E-state index is 11.0. The molecule has 0 saturated heterocycles. The number of hydrogen-bond donors (Lipinski definition) is 0. The molecule has 0 N–H and O–H groups in total. The van der Waals surface area contributed by atoms with Crippen molar-refractivity contribution in [3.8, 4) is 0 Å². The first-order valence-corrected chi connectivity index (χ1v) is 8.27. The van der Waals surface area contributed by atoms with Crippen LogP contribution in [0.1, 0.15) is 27.2 Å². The number of carbonyl (C=O) groups excluding carboxylic acids is 2.